The van der Waals surface area contributed by atoms with Crippen molar-refractivity contribution >= 4 is 23.5 Å². The van der Waals surface area contributed by atoms with Crippen molar-refractivity contribution in [3.8, 4) is 5.75 Å². The van der Waals surface area contributed by atoms with Crippen LogP contribution in [0.25, 0.3) is 0 Å². The van der Waals surface area contributed by atoms with Crippen molar-refractivity contribution in [1.82, 2.24) is 0 Å². The van der Waals surface area contributed by atoms with Crippen LogP contribution in [0.1, 0.15) is 11.1 Å². The molecule has 0 atom stereocenters. The maximum Gasteiger partial charge on any atom is 0.336 e. The van der Waals surface area contributed by atoms with Crippen LogP contribution in [-0.4, -0.2) is 11.9 Å². The van der Waals surface area contributed by atoms with Gasteiger partial charge in [0.15, 0.2) is 23.3 Å². The van der Waals surface area contributed by atoms with E-state index < -0.39 is 53.2 Å². The Labute approximate surface area is 160 Å². The van der Waals surface area contributed by atoms with Gasteiger partial charge in [0.25, 0.3) is 0 Å². The van der Waals surface area contributed by atoms with Gasteiger partial charge in [0.1, 0.15) is 12.4 Å². The van der Waals surface area contributed by atoms with Gasteiger partial charge < -0.3 is 9.47 Å². The molecule has 148 valence electrons. The van der Waals surface area contributed by atoms with E-state index in [1.165, 1.54) is 18.2 Å². The maximum atomic E-state index is 13.5. The summed E-state index contributed by atoms with van der Waals surface area (Å²) in [7, 11) is 0. The molecule has 0 unspecified atom stereocenters. The van der Waals surface area contributed by atoms with Crippen LogP contribution >= 0.6 is 11.6 Å². The summed E-state index contributed by atoms with van der Waals surface area (Å²) in [5, 5.41) is 0.451. The number of rotatable bonds is 5. The smallest absolute Gasteiger partial charge is 0.336 e. The van der Waals surface area contributed by atoms with E-state index in [4.69, 9.17) is 16.3 Å². The fraction of sp³-hybridized carbons (Fsp3) is 0.111. The molecule has 0 saturated carbocycles. The van der Waals surface area contributed by atoms with Crippen LogP contribution in [0.15, 0.2) is 30.4 Å². The molecule has 0 saturated heterocycles. The third kappa shape index (κ3) is 4.86. The van der Waals surface area contributed by atoms with Crippen LogP contribution in [0, 0.1) is 36.0 Å². The second-order valence-corrected chi connectivity index (χ2v) is 5.73. The zero-order valence-corrected chi connectivity index (χ0v) is 14.8. The number of hydrogen-bond acceptors (Lipinski definition) is 4. The molecule has 10 heteroatoms. The summed E-state index contributed by atoms with van der Waals surface area (Å²) in [6, 6.07) is 4.36. The minimum Gasteiger partial charge on any atom is -0.457 e. The van der Waals surface area contributed by atoms with Crippen LogP contribution in [0.2, 0.25) is 5.02 Å². The summed E-state index contributed by atoms with van der Waals surface area (Å²) in [5.74, 6) is -13.0. The number of hydrogen-bond donors (Lipinski definition) is 0. The van der Waals surface area contributed by atoms with Crippen LogP contribution in [0.3, 0.4) is 0 Å². The molecule has 0 aromatic heterocycles. The molecule has 2 aromatic rings. The number of carbonyl (C=O) groups is 2. The topological polar surface area (TPSA) is 52.6 Å². The van der Waals surface area contributed by atoms with Crippen LogP contribution in [-0.2, 0) is 20.9 Å². The Balaban J connectivity index is 1.99. The Morgan fingerprint density at radius 3 is 2.04 bits per heavy atom. The number of esters is 2. The molecule has 28 heavy (non-hydrogen) atoms. The Morgan fingerprint density at radius 2 is 1.46 bits per heavy atom. The molecule has 0 heterocycles. The summed E-state index contributed by atoms with van der Waals surface area (Å²) in [6.45, 7) is 0.437. The Morgan fingerprint density at radius 1 is 0.929 bits per heavy atom. The van der Waals surface area contributed by atoms with Crippen LogP contribution in [0.4, 0.5) is 22.0 Å². The molecular formula is C18H10ClF5O4. The lowest BCUT2D eigenvalue weighted by molar-refractivity contribution is -0.139. The van der Waals surface area contributed by atoms with Gasteiger partial charge in [0.05, 0.1) is 5.56 Å². The highest BCUT2D eigenvalue weighted by Gasteiger charge is 2.26. The van der Waals surface area contributed by atoms with E-state index in [1.54, 1.807) is 6.92 Å². The molecule has 0 aliphatic carbocycles. The highest BCUT2D eigenvalue weighted by molar-refractivity contribution is 6.31. The van der Waals surface area contributed by atoms with E-state index in [2.05, 4.69) is 4.74 Å². The van der Waals surface area contributed by atoms with Crippen molar-refractivity contribution in [2.24, 2.45) is 0 Å². The van der Waals surface area contributed by atoms with Gasteiger partial charge in [0, 0.05) is 17.2 Å². The molecule has 0 fully saturated rings. The summed E-state index contributed by atoms with van der Waals surface area (Å²) >= 11 is 5.82. The molecule has 2 aromatic carbocycles. The number of carbonyl (C=O) groups excluding carboxylic acids is 2. The number of ether oxygens (including phenoxy) is 2. The maximum absolute atomic E-state index is 13.5. The fourth-order valence-corrected chi connectivity index (χ4v) is 2.05. The molecule has 0 radical (unpaired) electrons. The van der Waals surface area contributed by atoms with Crippen LogP contribution < -0.4 is 4.74 Å². The minimum absolute atomic E-state index is 0.145. The highest BCUT2D eigenvalue weighted by atomic mass is 35.5. The molecule has 0 bridgehead atoms. The fourth-order valence-electron chi connectivity index (χ4n) is 1.94. The van der Waals surface area contributed by atoms with Gasteiger partial charge in [-0.25, -0.2) is 31.5 Å². The first-order valence-electron chi connectivity index (χ1n) is 7.45. The average Bonchev–Trinajstić information content (AvgIpc) is 2.66. The van der Waals surface area contributed by atoms with Gasteiger partial charge in [-0.1, -0.05) is 11.6 Å². The van der Waals surface area contributed by atoms with E-state index in [0.29, 0.717) is 22.7 Å². The van der Waals surface area contributed by atoms with E-state index in [1.807, 2.05) is 0 Å². The highest BCUT2D eigenvalue weighted by Crippen LogP contribution is 2.24. The molecule has 0 amide bonds. The van der Waals surface area contributed by atoms with Crippen molar-refractivity contribution in [3.63, 3.8) is 0 Å². The Bertz CT molecular complexity index is 946. The second-order valence-electron chi connectivity index (χ2n) is 5.32. The molecule has 0 spiro atoms. The monoisotopic (exact) mass is 420 g/mol. The van der Waals surface area contributed by atoms with Gasteiger partial charge in [0.2, 0.25) is 5.82 Å². The quantitative estimate of drug-likeness (QED) is 0.178. The Hall–Kier alpha value is -2.94. The first-order chi connectivity index (χ1) is 13.1. The SMILES string of the molecule is Cc1cc(OC(=O)/C=C/C(=O)OCc2c(F)c(F)c(F)c(F)c2F)ccc1Cl. The van der Waals surface area contributed by atoms with Crippen molar-refractivity contribution in [3.05, 3.63) is 75.6 Å². The Kier molecular flexibility index (Phi) is 6.74. The normalized spacial score (nSPS) is 11.0. The largest absolute Gasteiger partial charge is 0.457 e. The summed E-state index contributed by atoms with van der Waals surface area (Å²) in [6.07, 6.45) is 1.22. The minimum atomic E-state index is -2.33. The lowest BCUT2D eigenvalue weighted by atomic mass is 10.2. The third-order valence-corrected chi connectivity index (χ3v) is 3.79. The lowest BCUT2D eigenvalue weighted by Crippen LogP contribution is -2.11. The predicted molar refractivity (Wildman–Crippen MR) is 87.0 cm³/mol. The van der Waals surface area contributed by atoms with E-state index in [9.17, 15) is 31.5 Å². The summed E-state index contributed by atoms with van der Waals surface area (Å²) in [5.41, 5.74) is -0.685. The molecule has 0 aliphatic heterocycles. The van der Waals surface area contributed by atoms with Crippen molar-refractivity contribution in [2.45, 2.75) is 13.5 Å². The number of halogens is 6. The zero-order valence-electron chi connectivity index (χ0n) is 14.0. The van der Waals surface area contributed by atoms with Gasteiger partial charge in [-0.3, -0.25) is 0 Å². The van der Waals surface area contributed by atoms with Gasteiger partial charge in [-0.15, -0.1) is 0 Å². The molecule has 4 nitrogen and oxygen atoms in total. The van der Waals surface area contributed by atoms with E-state index in [0.717, 1.165) is 0 Å². The average molecular weight is 421 g/mol. The van der Waals surface area contributed by atoms with E-state index in [-0.39, 0.29) is 5.75 Å². The summed E-state index contributed by atoms with van der Waals surface area (Å²) in [4.78, 5) is 23.1. The van der Waals surface area contributed by atoms with Crippen molar-refractivity contribution < 1.29 is 41.0 Å². The first kappa shape index (κ1) is 21.4. The van der Waals surface area contributed by atoms with Gasteiger partial charge >= 0.3 is 11.9 Å². The molecule has 0 N–H and O–H groups in total. The van der Waals surface area contributed by atoms with Crippen LogP contribution in [0.5, 0.6) is 5.75 Å². The second kappa shape index (κ2) is 8.83. The molecule has 0 aliphatic rings. The lowest BCUT2D eigenvalue weighted by Gasteiger charge is -2.08. The van der Waals surface area contributed by atoms with E-state index >= 15 is 0 Å². The number of aryl methyl sites for hydroxylation is 1. The standard InChI is InChI=1S/C18H10ClF5O4/c1-8-6-9(2-3-11(8)19)28-13(26)5-4-12(25)27-7-10-14(20)16(22)18(24)17(23)15(10)21/h2-6H,7H2,1H3/b5-4+. The van der Waals surface area contributed by atoms with Gasteiger partial charge in [-0.05, 0) is 30.7 Å². The van der Waals surface area contributed by atoms with Crippen molar-refractivity contribution in [1.29, 1.82) is 0 Å². The number of benzene rings is 2. The molecular weight excluding hydrogens is 411 g/mol. The first-order valence-corrected chi connectivity index (χ1v) is 7.82. The zero-order chi connectivity index (χ0) is 21.0. The third-order valence-electron chi connectivity index (χ3n) is 3.36. The predicted octanol–water partition coefficient (Wildman–Crippen LogP) is 4.55. The molecule has 2 rings (SSSR count). The van der Waals surface area contributed by atoms with Crippen molar-refractivity contribution in [2.75, 3.05) is 0 Å². The van der Waals surface area contributed by atoms with Gasteiger partial charge in [-0.2, -0.15) is 0 Å². The summed E-state index contributed by atoms with van der Waals surface area (Å²) < 4.78 is 75.2.